The van der Waals surface area contributed by atoms with Gasteiger partial charge in [-0.1, -0.05) is 23.7 Å². The van der Waals surface area contributed by atoms with Crippen LogP contribution in [-0.2, 0) is 0 Å². The number of nitrogens with zero attached hydrogens (tertiary/aromatic N) is 5. The van der Waals surface area contributed by atoms with Crippen LogP contribution in [0.1, 0.15) is 11.3 Å². The second kappa shape index (κ2) is 8.23. The standard InChI is InChI=1S/C22H17ClN6O/c1-14-12-29(13-26-14)19-8-7-18(9-20(19)30-2)27-22-25-11-16(10-24)21(28-22)15-3-5-17(23)6-4-15/h3-9,11-13H,1-2H3,(H,25,27,28). The molecule has 8 heteroatoms. The van der Waals surface area contributed by atoms with E-state index < -0.39 is 0 Å². The summed E-state index contributed by atoms with van der Waals surface area (Å²) in [5, 5.41) is 13.2. The number of nitriles is 1. The SMILES string of the molecule is COc1cc(Nc2ncc(C#N)c(-c3ccc(Cl)cc3)n2)ccc1-n1cnc(C)c1. The van der Waals surface area contributed by atoms with Crippen LogP contribution >= 0.6 is 11.6 Å². The van der Waals surface area contributed by atoms with Crippen molar-refractivity contribution in [3.63, 3.8) is 0 Å². The Morgan fingerprint density at radius 3 is 2.60 bits per heavy atom. The maximum Gasteiger partial charge on any atom is 0.227 e. The second-order valence-corrected chi connectivity index (χ2v) is 6.94. The third kappa shape index (κ3) is 3.95. The molecule has 0 saturated carbocycles. The second-order valence-electron chi connectivity index (χ2n) is 6.51. The summed E-state index contributed by atoms with van der Waals surface area (Å²) in [5.41, 5.74) is 4.23. The number of hydrogen-bond donors (Lipinski definition) is 1. The smallest absolute Gasteiger partial charge is 0.227 e. The Morgan fingerprint density at radius 2 is 1.93 bits per heavy atom. The van der Waals surface area contributed by atoms with Crippen LogP contribution in [0, 0.1) is 18.3 Å². The van der Waals surface area contributed by atoms with E-state index in [1.165, 1.54) is 6.20 Å². The lowest BCUT2D eigenvalue weighted by Crippen LogP contribution is -2.02. The number of aryl methyl sites for hydroxylation is 1. The fourth-order valence-electron chi connectivity index (χ4n) is 3.00. The lowest BCUT2D eigenvalue weighted by Gasteiger charge is -2.13. The first-order valence-corrected chi connectivity index (χ1v) is 9.44. The summed E-state index contributed by atoms with van der Waals surface area (Å²) in [6.07, 6.45) is 5.16. The van der Waals surface area contributed by atoms with Crippen LogP contribution < -0.4 is 10.1 Å². The lowest BCUT2D eigenvalue weighted by molar-refractivity contribution is 0.413. The number of hydrogen-bond acceptors (Lipinski definition) is 6. The van der Waals surface area contributed by atoms with Crippen LogP contribution in [0.25, 0.3) is 16.9 Å². The van der Waals surface area contributed by atoms with Crippen LogP contribution in [0.3, 0.4) is 0 Å². The molecule has 0 radical (unpaired) electrons. The van der Waals surface area contributed by atoms with Gasteiger partial charge in [-0.2, -0.15) is 5.26 Å². The molecule has 0 bridgehead atoms. The molecule has 0 amide bonds. The lowest BCUT2D eigenvalue weighted by atomic mass is 10.1. The summed E-state index contributed by atoms with van der Waals surface area (Å²) in [6.45, 7) is 1.93. The highest BCUT2D eigenvalue weighted by molar-refractivity contribution is 6.30. The van der Waals surface area contributed by atoms with Crippen molar-refractivity contribution < 1.29 is 4.74 Å². The minimum Gasteiger partial charge on any atom is -0.494 e. The van der Waals surface area contributed by atoms with E-state index in [1.54, 1.807) is 25.6 Å². The van der Waals surface area contributed by atoms with Crippen molar-refractivity contribution in [2.24, 2.45) is 0 Å². The molecule has 0 fully saturated rings. The van der Waals surface area contributed by atoms with Crippen molar-refractivity contribution in [1.29, 1.82) is 5.26 Å². The van der Waals surface area contributed by atoms with Gasteiger partial charge in [0.05, 0.1) is 42.3 Å². The van der Waals surface area contributed by atoms with Gasteiger partial charge in [-0.15, -0.1) is 0 Å². The molecular weight excluding hydrogens is 400 g/mol. The molecule has 2 heterocycles. The molecule has 30 heavy (non-hydrogen) atoms. The largest absolute Gasteiger partial charge is 0.494 e. The Balaban J connectivity index is 1.67. The summed E-state index contributed by atoms with van der Waals surface area (Å²) in [5.74, 6) is 1.04. The third-order valence-corrected chi connectivity index (χ3v) is 4.70. The topological polar surface area (TPSA) is 88.6 Å². The molecule has 0 spiro atoms. The van der Waals surface area contributed by atoms with Crippen molar-refractivity contribution in [1.82, 2.24) is 19.5 Å². The number of halogens is 1. The van der Waals surface area contributed by atoms with Gasteiger partial charge in [0.2, 0.25) is 5.95 Å². The average Bonchev–Trinajstić information content (AvgIpc) is 3.20. The highest BCUT2D eigenvalue weighted by atomic mass is 35.5. The quantitative estimate of drug-likeness (QED) is 0.497. The molecule has 1 N–H and O–H groups in total. The Labute approximate surface area is 178 Å². The molecule has 0 atom stereocenters. The van der Waals surface area contributed by atoms with E-state index in [-0.39, 0.29) is 0 Å². The number of anilines is 2. The summed E-state index contributed by atoms with van der Waals surface area (Å²) < 4.78 is 7.44. The number of methoxy groups -OCH3 is 1. The predicted molar refractivity (Wildman–Crippen MR) is 115 cm³/mol. The molecule has 0 unspecified atom stereocenters. The first-order valence-electron chi connectivity index (χ1n) is 9.06. The van der Waals surface area contributed by atoms with E-state index in [0.29, 0.717) is 28.0 Å². The zero-order valence-corrected chi connectivity index (χ0v) is 17.1. The average molecular weight is 417 g/mol. The van der Waals surface area contributed by atoms with Crippen molar-refractivity contribution in [3.8, 4) is 28.8 Å². The molecule has 4 aromatic rings. The van der Waals surface area contributed by atoms with Gasteiger partial charge in [0.25, 0.3) is 0 Å². The summed E-state index contributed by atoms with van der Waals surface area (Å²) in [6, 6.07) is 15.0. The number of nitrogens with one attached hydrogen (secondary N) is 1. The van der Waals surface area contributed by atoms with Gasteiger partial charge < -0.3 is 14.6 Å². The molecule has 0 aliphatic rings. The first kappa shape index (κ1) is 19.4. The molecule has 0 aliphatic carbocycles. The molecular formula is C22H17ClN6O. The Morgan fingerprint density at radius 1 is 1.13 bits per heavy atom. The normalized spacial score (nSPS) is 10.5. The summed E-state index contributed by atoms with van der Waals surface area (Å²) in [7, 11) is 1.61. The molecule has 0 saturated heterocycles. The Bertz CT molecular complexity index is 1240. The molecule has 2 aromatic heterocycles. The number of benzene rings is 2. The van der Waals surface area contributed by atoms with Crippen LogP contribution in [0.2, 0.25) is 5.02 Å². The van der Waals surface area contributed by atoms with Gasteiger partial charge >= 0.3 is 0 Å². The third-order valence-electron chi connectivity index (χ3n) is 4.45. The Hall–Kier alpha value is -3.89. The maximum atomic E-state index is 9.42. The van der Waals surface area contributed by atoms with Gasteiger partial charge in [-0.3, -0.25) is 0 Å². The minimum atomic E-state index is 0.368. The van der Waals surface area contributed by atoms with Crippen LogP contribution in [0.4, 0.5) is 11.6 Å². The minimum absolute atomic E-state index is 0.368. The first-order chi connectivity index (χ1) is 14.6. The van der Waals surface area contributed by atoms with Crippen molar-refractivity contribution in [2.45, 2.75) is 6.92 Å². The number of aromatic nitrogens is 4. The van der Waals surface area contributed by atoms with E-state index in [0.717, 1.165) is 22.6 Å². The van der Waals surface area contributed by atoms with Crippen molar-refractivity contribution in [3.05, 3.63) is 77.5 Å². The monoisotopic (exact) mass is 416 g/mol. The number of ether oxygens (including phenoxy) is 1. The highest BCUT2D eigenvalue weighted by Crippen LogP contribution is 2.29. The highest BCUT2D eigenvalue weighted by Gasteiger charge is 2.12. The van der Waals surface area contributed by atoms with Gasteiger partial charge in [0, 0.05) is 28.5 Å². The van der Waals surface area contributed by atoms with Crippen molar-refractivity contribution >= 4 is 23.2 Å². The molecule has 7 nitrogen and oxygen atoms in total. The van der Waals surface area contributed by atoms with Gasteiger partial charge in [-0.05, 0) is 31.2 Å². The predicted octanol–water partition coefficient (Wildman–Crippen LogP) is 4.92. The fourth-order valence-corrected chi connectivity index (χ4v) is 3.13. The van der Waals surface area contributed by atoms with Crippen LogP contribution in [-0.4, -0.2) is 26.6 Å². The van der Waals surface area contributed by atoms with Crippen LogP contribution in [0.5, 0.6) is 5.75 Å². The van der Waals surface area contributed by atoms with E-state index in [2.05, 4.69) is 26.3 Å². The molecule has 0 aliphatic heterocycles. The molecule has 2 aromatic carbocycles. The molecule has 4 rings (SSSR count). The van der Waals surface area contributed by atoms with E-state index in [1.807, 2.05) is 48.0 Å². The van der Waals surface area contributed by atoms with E-state index >= 15 is 0 Å². The fraction of sp³-hybridized carbons (Fsp3) is 0.0909. The van der Waals surface area contributed by atoms with Gasteiger partial charge in [0.1, 0.15) is 11.8 Å². The number of imidazole rings is 1. The zero-order valence-electron chi connectivity index (χ0n) is 16.3. The summed E-state index contributed by atoms with van der Waals surface area (Å²) >= 11 is 5.97. The van der Waals surface area contributed by atoms with E-state index in [4.69, 9.17) is 16.3 Å². The van der Waals surface area contributed by atoms with Crippen molar-refractivity contribution in [2.75, 3.05) is 12.4 Å². The Kier molecular flexibility index (Phi) is 5.33. The maximum absolute atomic E-state index is 9.42. The zero-order chi connectivity index (χ0) is 21.1. The van der Waals surface area contributed by atoms with Crippen LogP contribution in [0.15, 0.2) is 61.2 Å². The molecule has 148 valence electrons. The van der Waals surface area contributed by atoms with Gasteiger partial charge in [-0.25, -0.2) is 15.0 Å². The number of rotatable bonds is 5. The van der Waals surface area contributed by atoms with E-state index in [9.17, 15) is 5.26 Å². The summed E-state index contributed by atoms with van der Waals surface area (Å²) in [4.78, 5) is 13.1. The van der Waals surface area contributed by atoms with Gasteiger partial charge in [0.15, 0.2) is 0 Å².